The van der Waals surface area contributed by atoms with Crippen molar-refractivity contribution in [2.45, 2.75) is 32.9 Å². The number of aromatic nitrogens is 2. The van der Waals surface area contributed by atoms with Crippen LogP contribution in [0.25, 0.3) is 11.0 Å². The molecule has 4 heteroatoms. The molecule has 0 amide bonds. The van der Waals surface area contributed by atoms with Gasteiger partial charge in [-0.25, -0.2) is 4.98 Å². The van der Waals surface area contributed by atoms with E-state index in [-0.39, 0.29) is 18.4 Å². The molecule has 0 radical (unpaired) electrons. The second-order valence-corrected chi connectivity index (χ2v) is 4.21. The minimum absolute atomic E-state index is 0. The Bertz CT molecular complexity index is 474. The average molecular weight is 240 g/mol. The lowest BCUT2D eigenvalue weighted by molar-refractivity contribution is 0.558. The van der Waals surface area contributed by atoms with E-state index in [9.17, 15) is 0 Å². The highest BCUT2D eigenvalue weighted by molar-refractivity contribution is 5.85. The van der Waals surface area contributed by atoms with Gasteiger partial charge >= 0.3 is 0 Å². The molecule has 1 aromatic carbocycles. The predicted octanol–water partition coefficient (Wildman–Crippen LogP) is 3.06. The van der Waals surface area contributed by atoms with Crippen molar-refractivity contribution in [1.82, 2.24) is 9.55 Å². The van der Waals surface area contributed by atoms with Gasteiger partial charge < -0.3 is 10.3 Å². The van der Waals surface area contributed by atoms with E-state index < -0.39 is 0 Å². The number of para-hydroxylation sites is 2. The van der Waals surface area contributed by atoms with Gasteiger partial charge in [0.05, 0.1) is 17.1 Å². The summed E-state index contributed by atoms with van der Waals surface area (Å²) in [5.41, 5.74) is 8.13. The SMILES string of the molecule is CC(C)n1c([C@H](C)N)nc2ccccc21.Cl. The Hall–Kier alpha value is -1.06. The molecule has 3 nitrogen and oxygen atoms in total. The molecule has 1 aromatic heterocycles. The lowest BCUT2D eigenvalue weighted by Gasteiger charge is -2.14. The zero-order chi connectivity index (χ0) is 11.0. The minimum atomic E-state index is -0.0280. The average Bonchev–Trinajstić information content (AvgIpc) is 2.56. The molecule has 2 aromatic rings. The van der Waals surface area contributed by atoms with Crippen LogP contribution in [0.15, 0.2) is 24.3 Å². The highest BCUT2D eigenvalue weighted by Crippen LogP contribution is 2.23. The van der Waals surface area contributed by atoms with E-state index in [1.54, 1.807) is 0 Å². The van der Waals surface area contributed by atoms with Gasteiger partial charge in [0.2, 0.25) is 0 Å². The first-order chi connectivity index (χ1) is 7.11. The van der Waals surface area contributed by atoms with Gasteiger partial charge in [-0.15, -0.1) is 12.4 Å². The summed E-state index contributed by atoms with van der Waals surface area (Å²) in [4.78, 5) is 4.57. The normalized spacial score (nSPS) is 12.8. The second-order valence-electron chi connectivity index (χ2n) is 4.21. The molecule has 0 unspecified atom stereocenters. The molecule has 1 heterocycles. The van der Waals surface area contributed by atoms with Gasteiger partial charge in [-0.2, -0.15) is 0 Å². The maximum Gasteiger partial charge on any atom is 0.126 e. The molecular formula is C12H18ClN3. The van der Waals surface area contributed by atoms with Crippen molar-refractivity contribution >= 4 is 23.4 Å². The molecule has 0 aliphatic carbocycles. The van der Waals surface area contributed by atoms with Gasteiger partial charge in [0, 0.05) is 6.04 Å². The van der Waals surface area contributed by atoms with Crippen LogP contribution in [0.1, 0.15) is 38.7 Å². The van der Waals surface area contributed by atoms with Crippen molar-refractivity contribution in [1.29, 1.82) is 0 Å². The molecule has 0 fully saturated rings. The Morgan fingerprint density at radius 1 is 1.19 bits per heavy atom. The number of rotatable bonds is 2. The summed E-state index contributed by atoms with van der Waals surface area (Å²) in [5, 5.41) is 0. The second kappa shape index (κ2) is 4.85. The maximum absolute atomic E-state index is 5.93. The van der Waals surface area contributed by atoms with Gasteiger partial charge in [0.1, 0.15) is 5.82 Å². The van der Waals surface area contributed by atoms with Crippen LogP contribution in [0.3, 0.4) is 0 Å². The predicted molar refractivity (Wildman–Crippen MR) is 70.0 cm³/mol. The highest BCUT2D eigenvalue weighted by atomic mass is 35.5. The maximum atomic E-state index is 5.93. The van der Waals surface area contributed by atoms with Crippen molar-refractivity contribution in [3.05, 3.63) is 30.1 Å². The molecule has 0 aliphatic heterocycles. The van der Waals surface area contributed by atoms with Crippen LogP contribution in [0.2, 0.25) is 0 Å². The fourth-order valence-electron chi connectivity index (χ4n) is 1.93. The Balaban J connectivity index is 0.00000128. The summed E-state index contributed by atoms with van der Waals surface area (Å²) in [6.45, 7) is 6.28. The summed E-state index contributed by atoms with van der Waals surface area (Å²) < 4.78 is 2.21. The molecule has 2 N–H and O–H groups in total. The van der Waals surface area contributed by atoms with Crippen LogP contribution in [0.4, 0.5) is 0 Å². The van der Waals surface area contributed by atoms with Crippen LogP contribution in [-0.2, 0) is 0 Å². The summed E-state index contributed by atoms with van der Waals surface area (Å²) in [7, 11) is 0. The number of benzene rings is 1. The number of hydrogen-bond donors (Lipinski definition) is 1. The van der Waals surface area contributed by atoms with Crippen molar-refractivity contribution in [2.24, 2.45) is 5.73 Å². The van der Waals surface area contributed by atoms with E-state index >= 15 is 0 Å². The first-order valence-corrected chi connectivity index (χ1v) is 5.33. The van der Waals surface area contributed by atoms with E-state index in [0.717, 1.165) is 11.3 Å². The molecule has 1 atom stereocenters. The number of halogens is 1. The zero-order valence-corrected chi connectivity index (χ0v) is 10.7. The number of nitrogens with two attached hydrogens (primary N) is 1. The fourth-order valence-corrected chi connectivity index (χ4v) is 1.93. The van der Waals surface area contributed by atoms with E-state index in [1.165, 1.54) is 5.52 Å². The van der Waals surface area contributed by atoms with E-state index in [1.807, 2.05) is 25.1 Å². The van der Waals surface area contributed by atoms with Crippen molar-refractivity contribution < 1.29 is 0 Å². The summed E-state index contributed by atoms with van der Waals surface area (Å²) in [6.07, 6.45) is 0. The Labute approximate surface area is 102 Å². The third-order valence-corrected chi connectivity index (χ3v) is 2.55. The Morgan fingerprint density at radius 3 is 2.38 bits per heavy atom. The Kier molecular flexibility index (Phi) is 3.94. The van der Waals surface area contributed by atoms with Gasteiger partial charge in [0.15, 0.2) is 0 Å². The van der Waals surface area contributed by atoms with Crippen LogP contribution >= 0.6 is 12.4 Å². The van der Waals surface area contributed by atoms with Crippen LogP contribution in [0.5, 0.6) is 0 Å². The first-order valence-electron chi connectivity index (χ1n) is 5.33. The summed E-state index contributed by atoms with van der Waals surface area (Å²) >= 11 is 0. The largest absolute Gasteiger partial charge is 0.324 e. The van der Waals surface area contributed by atoms with E-state index in [4.69, 9.17) is 5.73 Å². The Morgan fingerprint density at radius 2 is 1.81 bits per heavy atom. The molecular weight excluding hydrogens is 222 g/mol. The topological polar surface area (TPSA) is 43.8 Å². The number of hydrogen-bond acceptors (Lipinski definition) is 2. The van der Waals surface area contributed by atoms with Gasteiger partial charge in [0.25, 0.3) is 0 Å². The lowest BCUT2D eigenvalue weighted by Crippen LogP contribution is -2.14. The highest BCUT2D eigenvalue weighted by Gasteiger charge is 2.15. The number of nitrogens with zero attached hydrogens (tertiary/aromatic N) is 2. The third kappa shape index (κ3) is 2.06. The van der Waals surface area contributed by atoms with Crippen molar-refractivity contribution in [3.63, 3.8) is 0 Å². The molecule has 0 bridgehead atoms. The molecule has 2 rings (SSSR count). The molecule has 0 spiro atoms. The smallest absolute Gasteiger partial charge is 0.126 e. The summed E-state index contributed by atoms with van der Waals surface area (Å²) in [5.74, 6) is 0.964. The lowest BCUT2D eigenvalue weighted by atomic mass is 10.2. The molecule has 0 saturated carbocycles. The quantitative estimate of drug-likeness (QED) is 0.876. The molecule has 0 aliphatic rings. The van der Waals surface area contributed by atoms with Gasteiger partial charge in [-0.05, 0) is 32.9 Å². The molecule has 88 valence electrons. The van der Waals surface area contributed by atoms with Crippen LogP contribution in [-0.4, -0.2) is 9.55 Å². The van der Waals surface area contributed by atoms with Crippen molar-refractivity contribution in [2.75, 3.05) is 0 Å². The van der Waals surface area contributed by atoms with Gasteiger partial charge in [-0.1, -0.05) is 12.1 Å². The molecule has 16 heavy (non-hydrogen) atoms. The zero-order valence-electron chi connectivity index (χ0n) is 9.84. The summed E-state index contributed by atoms with van der Waals surface area (Å²) in [6, 6.07) is 8.52. The first kappa shape index (κ1) is 13.0. The fraction of sp³-hybridized carbons (Fsp3) is 0.417. The third-order valence-electron chi connectivity index (χ3n) is 2.55. The minimum Gasteiger partial charge on any atom is -0.324 e. The monoisotopic (exact) mass is 239 g/mol. The van der Waals surface area contributed by atoms with Crippen LogP contribution in [0, 0.1) is 0 Å². The standard InChI is InChI=1S/C12H17N3.ClH/c1-8(2)15-11-7-5-4-6-10(11)14-12(15)9(3)13;/h4-9H,13H2,1-3H3;1H/t9-;/m0./s1. The number of fused-ring (bicyclic) bond motifs is 1. The van der Waals surface area contributed by atoms with E-state index in [0.29, 0.717) is 6.04 Å². The number of imidazole rings is 1. The van der Waals surface area contributed by atoms with Crippen LogP contribution < -0.4 is 5.73 Å². The van der Waals surface area contributed by atoms with E-state index in [2.05, 4.69) is 29.5 Å². The van der Waals surface area contributed by atoms with Crippen molar-refractivity contribution in [3.8, 4) is 0 Å². The van der Waals surface area contributed by atoms with Gasteiger partial charge in [-0.3, -0.25) is 0 Å². The molecule has 0 saturated heterocycles.